The van der Waals surface area contributed by atoms with Crippen LogP contribution in [-0.4, -0.2) is 97.4 Å². The van der Waals surface area contributed by atoms with Crippen molar-refractivity contribution in [2.45, 2.75) is 51.1 Å². The number of piperazine rings is 1. The third-order valence-corrected chi connectivity index (χ3v) is 6.53. The van der Waals surface area contributed by atoms with E-state index in [0.717, 1.165) is 37.6 Å². The Morgan fingerprint density at radius 3 is 2.54 bits per heavy atom. The van der Waals surface area contributed by atoms with Crippen molar-refractivity contribution < 1.29 is 5.11 Å². The van der Waals surface area contributed by atoms with Crippen LogP contribution < -0.4 is 5.32 Å². The fourth-order valence-electron chi connectivity index (χ4n) is 5.06. The van der Waals surface area contributed by atoms with Gasteiger partial charge in [-0.3, -0.25) is 9.80 Å². The molecule has 0 radical (unpaired) electrons. The molecule has 0 aliphatic carbocycles. The van der Waals surface area contributed by atoms with Crippen LogP contribution in [0.5, 0.6) is 0 Å². The predicted octanol–water partition coefficient (Wildman–Crippen LogP) is 0.839. The summed E-state index contributed by atoms with van der Waals surface area (Å²) in [4.78, 5) is 7.94. The summed E-state index contributed by atoms with van der Waals surface area (Å²) in [6, 6.07) is 1.55. The molecule has 3 fully saturated rings. The van der Waals surface area contributed by atoms with Crippen molar-refractivity contribution in [3.63, 3.8) is 0 Å². The first-order chi connectivity index (χ1) is 11.8. The maximum Gasteiger partial charge on any atom is 0.0558 e. The molecule has 140 valence electrons. The monoisotopic (exact) mass is 338 g/mol. The molecule has 3 heterocycles. The number of rotatable bonds is 6. The van der Waals surface area contributed by atoms with E-state index in [-0.39, 0.29) is 0 Å². The minimum atomic E-state index is 0.295. The van der Waals surface area contributed by atoms with Crippen molar-refractivity contribution >= 4 is 0 Å². The van der Waals surface area contributed by atoms with E-state index >= 15 is 0 Å². The van der Waals surface area contributed by atoms with Crippen LogP contribution in [0.3, 0.4) is 0 Å². The first kappa shape index (κ1) is 18.6. The van der Waals surface area contributed by atoms with Gasteiger partial charge in [0.1, 0.15) is 0 Å². The molecule has 3 unspecified atom stereocenters. The van der Waals surface area contributed by atoms with Gasteiger partial charge in [-0.2, -0.15) is 0 Å². The van der Waals surface area contributed by atoms with E-state index in [0.29, 0.717) is 6.61 Å². The Morgan fingerprint density at radius 2 is 1.79 bits per heavy atom. The molecule has 5 heteroatoms. The van der Waals surface area contributed by atoms with Crippen LogP contribution in [0.1, 0.15) is 39.0 Å². The van der Waals surface area contributed by atoms with Gasteiger partial charge >= 0.3 is 0 Å². The SMILES string of the molecule is CCC1CCCCN1C1CNCCC1CN1CCN(CCO)CC1. The largest absolute Gasteiger partial charge is 0.395 e. The van der Waals surface area contributed by atoms with Crippen LogP contribution in [0.4, 0.5) is 0 Å². The number of likely N-dealkylation sites (tertiary alicyclic amines) is 1. The van der Waals surface area contributed by atoms with Crippen LogP contribution in [0.2, 0.25) is 0 Å². The van der Waals surface area contributed by atoms with Gasteiger partial charge in [0.05, 0.1) is 6.61 Å². The van der Waals surface area contributed by atoms with Gasteiger partial charge in [-0.15, -0.1) is 0 Å². The lowest BCUT2D eigenvalue weighted by atomic mass is 9.87. The van der Waals surface area contributed by atoms with Gasteiger partial charge in [-0.25, -0.2) is 0 Å². The highest BCUT2D eigenvalue weighted by atomic mass is 16.3. The summed E-state index contributed by atoms with van der Waals surface area (Å²) in [5.41, 5.74) is 0. The molecular weight excluding hydrogens is 300 g/mol. The van der Waals surface area contributed by atoms with E-state index < -0.39 is 0 Å². The average Bonchev–Trinajstić information content (AvgIpc) is 2.64. The van der Waals surface area contributed by atoms with Gasteiger partial charge < -0.3 is 15.3 Å². The quantitative estimate of drug-likeness (QED) is 0.751. The number of nitrogens with zero attached hydrogens (tertiary/aromatic N) is 3. The molecule has 24 heavy (non-hydrogen) atoms. The molecule has 0 saturated carbocycles. The predicted molar refractivity (Wildman–Crippen MR) is 99.4 cm³/mol. The van der Waals surface area contributed by atoms with Gasteiger partial charge in [0.25, 0.3) is 0 Å². The smallest absolute Gasteiger partial charge is 0.0558 e. The van der Waals surface area contributed by atoms with Crippen molar-refractivity contribution in [2.24, 2.45) is 5.92 Å². The Balaban J connectivity index is 1.54. The van der Waals surface area contributed by atoms with Crippen LogP contribution in [0.15, 0.2) is 0 Å². The number of aliphatic hydroxyl groups excluding tert-OH is 1. The second-order valence-electron chi connectivity index (χ2n) is 7.98. The third kappa shape index (κ3) is 4.70. The summed E-state index contributed by atoms with van der Waals surface area (Å²) in [7, 11) is 0. The molecule has 5 nitrogen and oxygen atoms in total. The number of hydrogen-bond donors (Lipinski definition) is 2. The average molecular weight is 339 g/mol. The number of nitrogens with one attached hydrogen (secondary N) is 1. The minimum absolute atomic E-state index is 0.295. The highest BCUT2D eigenvalue weighted by molar-refractivity contribution is 4.92. The fraction of sp³-hybridized carbons (Fsp3) is 1.00. The summed E-state index contributed by atoms with van der Waals surface area (Å²) in [6.45, 7) is 13.1. The molecule has 0 aromatic carbocycles. The van der Waals surface area contributed by atoms with E-state index in [1.807, 2.05) is 0 Å². The molecular formula is C19H38N4O. The minimum Gasteiger partial charge on any atom is -0.395 e. The second-order valence-corrected chi connectivity index (χ2v) is 7.98. The topological polar surface area (TPSA) is 42.0 Å². The van der Waals surface area contributed by atoms with Crippen LogP contribution in [0, 0.1) is 5.92 Å². The van der Waals surface area contributed by atoms with Crippen molar-refractivity contribution in [3.8, 4) is 0 Å². The van der Waals surface area contributed by atoms with Gasteiger partial charge in [0.15, 0.2) is 0 Å². The maximum absolute atomic E-state index is 9.10. The molecule has 0 aromatic rings. The molecule has 3 atom stereocenters. The molecule has 3 aliphatic rings. The van der Waals surface area contributed by atoms with Gasteiger partial charge in [0.2, 0.25) is 0 Å². The number of aliphatic hydroxyl groups is 1. The van der Waals surface area contributed by atoms with Crippen LogP contribution >= 0.6 is 0 Å². The fourth-order valence-corrected chi connectivity index (χ4v) is 5.06. The Bertz CT molecular complexity index is 359. The van der Waals surface area contributed by atoms with Crippen molar-refractivity contribution in [3.05, 3.63) is 0 Å². The van der Waals surface area contributed by atoms with Gasteiger partial charge in [-0.1, -0.05) is 13.3 Å². The molecule has 0 aromatic heterocycles. The van der Waals surface area contributed by atoms with E-state index in [9.17, 15) is 0 Å². The van der Waals surface area contributed by atoms with Crippen molar-refractivity contribution in [1.29, 1.82) is 0 Å². The standard InChI is InChI=1S/C19H38N4O/c1-2-18-5-3-4-8-23(18)19-15-20-7-6-17(19)16-22-11-9-21(10-12-22)13-14-24/h17-20,24H,2-16H2,1H3. The van der Waals surface area contributed by atoms with Crippen LogP contribution in [0.25, 0.3) is 0 Å². The molecule has 3 saturated heterocycles. The summed E-state index contributed by atoms with van der Waals surface area (Å²) in [6.07, 6.45) is 6.85. The van der Waals surface area contributed by atoms with E-state index in [1.165, 1.54) is 71.4 Å². The lowest BCUT2D eigenvalue weighted by Crippen LogP contribution is -2.59. The first-order valence-corrected chi connectivity index (χ1v) is 10.3. The van der Waals surface area contributed by atoms with Crippen LogP contribution in [-0.2, 0) is 0 Å². The maximum atomic E-state index is 9.10. The molecule has 0 bridgehead atoms. The summed E-state index contributed by atoms with van der Waals surface area (Å²) in [5.74, 6) is 0.822. The highest BCUT2D eigenvalue weighted by Crippen LogP contribution is 2.28. The first-order valence-electron chi connectivity index (χ1n) is 10.3. The molecule has 3 rings (SSSR count). The Kier molecular flexibility index (Phi) is 7.35. The van der Waals surface area contributed by atoms with Gasteiger partial charge in [-0.05, 0) is 44.7 Å². The second kappa shape index (κ2) is 9.48. The number of hydrogen-bond acceptors (Lipinski definition) is 5. The Hall–Kier alpha value is -0.200. The molecule has 0 spiro atoms. The normalized spacial score (nSPS) is 34.5. The van der Waals surface area contributed by atoms with E-state index in [2.05, 4.69) is 26.9 Å². The summed E-state index contributed by atoms with van der Waals surface area (Å²) < 4.78 is 0. The number of piperidine rings is 2. The molecule has 3 aliphatic heterocycles. The summed E-state index contributed by atoms with van der Waals surface area (Å²) in [5, 5.41) is 12.8. The van der Waals surface area contributed by atoms with E-state index in [4.69, 9.17) is 5.11 Å². The van der Waals surface area contributed by atoms with Gasteiger partial charge in [0, 0.05) is 57.9 Å². The Morgan fingerprint density at radius 1 is 1.00 bits per heavy atom. The van der Waals surface area contributed by atoms with Crippen molar-refractivity contribution in [1.82, 2.24) is 20.0 Å². The zero-order valence-corrected chi connectivity index (χ0v) is 15.6. The van der Waals surface area contributed by atoms with E-state index in [1.54, 1.807) is 0 Å². The highest BCUT2D eigenvalue weighted by Gasteiger charge is 2.35. The lowest BCUT2D eigenvalue weighted by Gasteiger charge is -2.48. The molecule has 0 amide bonds. The third-order valence-electron chi connectivity index (χ3n) is 6.53. The molecule has 2 N–H and O–H groups in total. The summed E-state index contributed by atoms with van der Waals surface area (Å²) >= 11 is 0. The lowest BCUT2D eigenvalue weighted by molar-refractivity contribution is 0.0220. The Labute approximate surface area is 148 Å². The van der Waals surface area contributed by atoms with Crippen molar-refractivity contribution in [2.75, 3.05) is 65.5 Å². The number of β-amino-alcohol motifs (C(OH)–C–C–N with tert-alkyl or cyclic N) is 1. The zero-order valence-electron chi connectivity index (χ0n) is 15.6. The zero-order chi connectivity index (χ0) is 16.8.